The Morgan fingerprint density at radius 1 is 1.75 bits per heavy atom. The van der Waals surface area contributed by atoms with Crippen molar-refractivity contribution in [2.75, 3.05) is 0 Å². The Morgan fingerprint density at radius 2 is 2.50 bits per heavy atom. The van der Waals surface area contributed by atoms with Crippen molar-refractivity contribution in [2.24, 2.45) is 0 Å². The minimum absolute atomic E-state index is 0.824. The zero-order chi connectivity index (χ0) is 5.98. The topological polar surface area (TPSA) is 12.0 Å². The molecule has 0 spiro atoms. The molecule has 0 atom stereocenters. The van der Waals surface area contributed by atoms with Crippen molar-refractivity contribution in [3.8, 4) is 0 Å². The average Bonchev–Trinajstić information content (AvgIpc) is 1.77. The maximum absolute atomic E-state index is 4.84. The van der Waals surface area contributed by atoms with Gasteiger partial charge in [0.05, 0.1) is 6.54 Å². The fourth-order valence-electron chi connectivity index (χ4n) is 0.470. The van der Waals surface area contributed by atoms with Crippen molar-refractivity contribution in [1.82, 2.24) is 5.32 Å². The van der Waals surface area contributed by atoms with Gasteiger partial charge in [-0.2, -0.15) is 0 Å². The van der Waals surface area contributed by atoms with Gasteiger partial charge in [0.1, 0.15) is 0 Å². The van der Waals surface area contributed by atoms with Crippen molar-refractivity contribution in [2.45, 2.75) is 0 Å². The molecular formula is C4H5BNS2. The van der Waals surface area contributed by atoms with Gasteiger partial charge in [0.2, 0.25) is 7.28 Å². The number of nitrogens with one attached hydrogen (secondary N) is 1. The van der Waals surface area contributed by atoms with Crippen LogP contribution in [0.2, 0.25) is 0 Å². The maximum Gasteiger partial charge on any atom is 0.219 e. The Morgan fingerprint density at radius 3 is 2.88 bits per heavy atom. The van der Waals surface area contributed by atoms with Gasteiger partial charge in [-0.3, -0.25) is 0 Å². The van der Waals surface area contributed by atoms with Gasteiger partial charge < -0.3 is 5.32 Å². The minimum Gasteiger partial charge on any atom is -0.378 e. The predicted molar refractivity (Wildman–Crippen MR) is 44.3 cm³/mol. The molecule has 41 valence electrons. The molecular weight excluding hydrogens is 137 g/mol. The number of thiol groups is 1. The van der Waals surface area contributed by atoms with Crippen LogP contribution in [-0.4, -0.2) is 12.2 Å². The van der Waals surface area contributed by atoms with E-state index in [1.54, 1.807) is 6.54 Å². The summed E-state index contributed by atoms with van der Waals surface area (Å²) in [5.41, 5.74) is 0. The summed E-state index contributed by atoms with van der Waals surface area (Å²) in [5.74, 6) is 1.97. The third-order valence-electron chi connectivity index (χ3n) is 0.878. The normalized spacial score (nSPS) is 18.6. The average molecular weight is 142 g/mol. The van der Waals surface area contributed by atoms with E-state index in [2.05, 4.69) is 17.9 Å². The molecule has 1 radical (unpaired) electrons. The highest BCUT2D eigenvalue weighted by atomic mass is 32.1. The van der Waals surface area contributed by atoms with Crippen molar-refractivity contribution in [3.05, 3.63) is 17.4 Å². The highest BCUT2D eigenvalue weighted by Gasteiger charge is 2.03. The summed E-state index contributed by atoms with van der Waals surface area (Å²) in [7, 11) is 0.824. The molecule has 1 nitrogen and oxygen atoms in total. The van der Waals surface area contributed by atoms with Crippen LogP contribution in [0.15, 0.2) is 10.9 Å². The Balaban J connectivity index is 2.55. The molecule has 1 aliphatic rings. The van der Waals surface area contributed by atoms with Crippen LogP contribution in [-0.2, 0) is 0 Å². The summed E-state index contributed by atoms with van der Waals surface area (Å²) in [6.07, 6.45) is 0. The molecule has 0 bridgehead atoms. The van der Waals surface area contributed by atoms with Crippen molar-refractivity contribution >= 4 is 37.0 Å². The first-order chi connectivity index (χ1) is 3.79. The molecule has 1 aliphatic heterocycles. The number of hydrogen-bond donors (Lipinski definition) is 2. The molecule has 1 rings (SSSR count). The summed E-state index contributed by atoms with van der Waals surface area (Å²) in [5, 5.41) is 2.89. The van der Waals surface area contributed by atoms with Gasteiger partial charge >= 0.3 is 0 Å². The van der Waals surface area contributed by atoms with E-state index >= 15 is 0 Å². The number of thiocarbonyl (C=S) groups is 1. The SMILES string of the molecule is S=C1BC=C(S)[CH]N1. The van der Waals surface area contributed by atoms with Crippen LogP contribution in [0.5, 0.6) is 0 Å². The highest BCUT2D eigenvalue weighted by molar-refractivity contribution is 7.85. The van der Waals surface area contributed by atoms with Crippen LogP contribution >= 0.6 is 24.8 Å². The van der Waals surface area contributed by atoms with Gasteiger partial charge in [-0.15, -0.1) is 12.6 Å². The second-order valence-corrected chi connectivity index (χ2v) is 2.55. The molecule has 0 aromatic carbocycles. The number of hydrogen-bond acceptors (Lipinski definition) is 2. The van der Waals surface area contributed by atoms with Crippen LogP contribution in [0.4, 0.5) is 0 Å². The fourth-order valence-corrected chi connectivity index (χ4v) is 0.768. The van der Waals surface area contributed by atoms with Crippen LogP contribution < -0.4 is 5.32 Å². The molecule has 0 aromatic rings. The van der Waals surface area contributed by atoms with Crippen LogP contribution in [0, 0.1) is 6.54 Å². The van der Waals surface area contributed by atoms with E-state index in [0.717, 1.165) is 17.1 Å². The van der Waals surface area contributed by atoms with Crippen molar-refractivity contribution in [1.29, 1.82) is 0 Å². The summed E-state index contributed by atoms with van der Waals surface area (Å²) < 4.78 is 0. The fraction of sp³-hybridized carbons (Fsp3) is 0. The zero-order valence-electron chi connectivity index (χ0n) is 4.22. The van der Waals surface area contributed by atoms with Crippen molar-refractivity contribution in [3.63, 3.8) is 0 Å². The summed E-state index contributed by atoms with van der Waals surface area (Å²) in [6.45, 7) is 1.79. The molecule has 8 heavy (non-hydrogen) atoms. The lowest BCUT2D eigenvalue weighted by Gasteiger charge is -2.09. The summed E-state index contributed by atoms with van der Waals surface area (Å²) >= 11 is 8.92. The monoisotopic (exact) mass is 142 g/mol. The Kier molecular flexibility index (Phi) is 1.97. The first kappa shape index (κ1) is 6.17. The molecule has 1 N–H and O–H groups in total. The standard InChI is InChI=1S/C4H5BNS2/c7-3-1-5-4(8)6-2-3/h1-2,5,7H,(H,6,8). The van der Waals surface area contributed by atoms with E-state index in [4.69, 9.17) is 12.2 Å². The second-order valence-electron chi connectivity index (χ2n) is 1.54. The molecule has 0 aliphatic carbocycles. The van der Waals surface area contributed by atoms with E-state index < -0.39 is 0 Å². The van der Waals surface area contributed by atoms with Gasteiger partial charge in [-0.25, -0.2) is 0 Å². The van der Waals surface area contributed by atoms with E-state index in [9.17, 15) is 0 Å². The van der Waals surface area contributed by atoms with Gasteiger partial charge in [0, 0.05) is 4.89 Å². The second kappa shape index (κ2) is 2.55. The summed E-state index contributed by atoms with van der Waals surface area (Å²) in [6, 6.07) is 0. The number of rotatable bonds is 0. The molecule has 1 heterocycles. The Hall–Kier alpha value is 0.0449. The Labute approximate surface area is 60.2 Å². The van der Waals surface area contributed by atoms with Crippen molar-refractivity contribution < 1.29 is 0 Å². The van der Waals surface area contributed by atoms with Gasteiger partial charge in [-0.1, -0.05) is 18.2 Å². The van der Waals surface area contributed by atoms with Gasteiger partial charge in [0.15, 0.2) is 0 Å². The van der Waals surface area contributed by atoms with Gasteiger partial charge in [-0.05, 0) is 4.91 Å². The van der Waals surface area contributed by atoms with E-state index in [0.29, 0.717) is 0 Å². The molecule has 0 saturated carbocycles. The van der Waals surface area contributed by atoms with Crippen LogP contribution in [0.25, 0.3) is 0 Å². The predicted octanol–water partition coefficient (Wildman–Crippen LogP) is 0.244. The largest absolute Gasteiger partial charge is 0.378 e. The third kappa shape index (κ3) is 1.52. The first-order valence-electron chi connectivity index (χ1n) is 2.31. The lowest BCUT2D eigenvalue weighted by molar-refractivity contribution is 1.21. The van der Waals surface area contributed by atoms with Crippen LogP contribution in [0.1, 0.15) is 0 Å². The van der Waals surface area contributed by atoms with Crippen LogP contribution in [0.3, 0.4) is 0 Å². The minimum atomic E-state index is 0.824. The maximum atomic E-state index is 4.84. The smallest absolute Gasteiger partial charge is 0.219 e. The van der Waals surface area contributed by atoms with E-state index in [1.165, 1.54) is 0 Å². The Bertz CT molecular complexity index is 143. The molecule has 0 fully saturated rings. The highest BCUT2D eigenvalue weighted by Crippen LogP contribution is 2.04. The van der Waals surface area contributed by atoms with Gasteiger partial charge in [0.25, 0.3) is 0 Å². The lowest BCUT2D eigenvalue weighted by atomic mass is 9.76. The summed E-state index contributed by atoms with van der Waals surface area (Å²) in [4.78, 5) is 1.82. The quantitative estimate of drug-likeness (QED) is 0.285. The van der Waals surface area contributed by atoms with E-state index in [-0.39, 0.29) is 0 Å². The third-order valence-corrected chi connectivity index (χ3v) is 1.47. The molecule has 0 saturated heterocycles. The molecule has 4 heteroatoms. The molecule has 0 amide bonds. The zero-order valence-corrected chi connectivity index (χ0v) is 5.93. The van der Waals surface area contributed by atoms with E-state index in [1.807, 2.05) is 5.98 Å². The lowest BCUT2D eigenvalue weighted by Crippen LogP contribution is -2.27. The molecule has 0 unspecified atom stereocenters. The molecule has 0 aromatic heterocycles. The first-order valence-corrected chi connectivity index (χ1v) is 3.16.